The molecule has 0 saturated heterocycles. The van der Waals surface area contributed by atoms with Gasteiger partial charge in [-0.2, -0.15) is 5.10 Å². The summed E-state index contributed by atoms with van der Waals surface area (Å²) in [6.45, 7) is 1.93. The molecular formula is C19H20N4O2. The van der Waals surface area contributed by atoms with E-state index in [0.717, 1.165) is 11.3 Å². The number of hydrogen-bond acceptors (Lipinski definition) is 4. The van der Waals surface area contributed by atoms with Crippen LogP contribution >= 0.6 is 0 Å². The predicted molar refractivity (Wildman–Crippen MR) is 93.9 cm³/mol. The van der Waals surface area contributed by atoms with Crippen molar-refractivity contribution in [3.63, 3.8) is 0 Å². The molecule has 2 aromatic carbocycles. The Bertz CT molecular complexity index is 816. The van der Waals surface area contributed by atoms with Gasteiger partial charge < -0.3 is 10.0 Å². The summed E-state index contributed by atoms with van der Waals surface area (Å²) in [6.07, 6.45) is 1.95. The van der Waals surface area contributed by atoms with Crippen LogP contribution in [0.3, 0.4) is 0 Å². The fraction of sp³-hybridized carbons (Fsp3) is 0.211. The Labute approximate surface area is 146 Å². The van der Waals surface area contributed by atoms with Crippen LogP contribution in [0.4, 0.5) is 0 Å². The summed E-state index contributed by atoms with van der Waals surface area (Å²) in [5, 5.41) is 14.4. The summed E-state index contributed by atoms with van der Waals surface area (Å²) in [4.78, 5) is 18.1. The highest BCUT2D eigenvalue weighted by Gasteiger charge is 2.25. The molecule has 1 amide bonds. The summed E-state index contributed by atoms with van der Waals surface area (Å²) in [7, 11) is 1.70. The largest absolute Gasteiger partial charge is 0.378 e. The molecule has 128 valence electrons. The molecule has 6 nitrogen and oxygen atoms in total. The Morgan fingerprint density at radius 2 is 1.76 bits per heavy atom. The van der Waals surface area contributed by atoms with E-state index in [4.69, 9.17) is 0 Å². The maximum Gasteiger partial charge on any atom is 0.256 e. The number of aliphatic hydroxyl groups is 1. The molecule has 2 unspecified atom stereocenters. The van der Waals surface area contributed by atoms with E-state index in [1.807, 2.05) is 37.3 Å². The molecule has 0 aliphatic heterocycles. The molecule has 3 rings (SSSR count). The highest BCUT2D eigenvalue weighted by atomic mass is 16.3. The van der Waals surface area contributed by atoms with Crippen molar-refractivity contribution in [3.05, 3.63) is 78.4 Å². The number of aliphatic hydroxyl groups excluding tert-OH is 1. The van der Waals surface area contributed by atoms with Crippen LogP contribution in [0, 0.1) is 0 Å². The zero-order chi connectivity index (χ0) is 17.8. The summed E-state index contributed by atoms with van der Waals surface area (Å²) in [6, 6.07) is 16.5. The SMILES string of the molecule is CC(c1ccc(-n2cncn2)cc1)N(C)C(=O)C(O)c1ccccc1. The number of amides is 1. The van der Waals surface area contributed by atoms with Gasteiger partial charge in [-0.15, -0.1) is 0 Å². The second-order valence-electron chi connectivity index (χ2n) is 5.87. The lowest BCUT2D eigenvalue weighted by Gasteiger charge is -2.27. The Morgan fingerprint density at radius 1 is 1.08 bits per heavy atom. The summed E-state index contributed by atoms with van der Waals surface area (Å²) >= 11 is 0. The van der Waals surface area contributed by atoms with Crippen LogP contribution in [0.2, 0.25) is 0 Å². The third-order valence-corrected chi connectivity index (χ3v) is 4.34. The van der Waals surface area contributed by atoms with Gasteiger partial charge in [-0.25, -0.2) is 9.67 Å². The zero-order valence-corrected chi connectivity index (χ0v) is 14.1. The van der Waals surface area contributed by atoms with Crippen molar-refractivity contribution in [1.29, 1.82) is 0 Å². The minimum Gasteiger partial charge on any atom is -0.378 e. The highest BCUT2D eigenvalue weighted by Crippen LogP contribution is 2.24. The summed E-state index contributed by atoms with van der Waals surface area (Å²) < 4.78 is 1.67. The number of rotatable bonds is 5. The zero-order valence-electron chi connectivity index (χ0n) is 14.1. The lowest BCUT2D eigenvalue weighted by atomic mass is 10.0. The molecule has 3 aromatic rings. The molecule has 0 aliphatic carbocycles. The van der Waals surface area contributed by atoms with Gasteiger partial charge in [-0.3, -0.25) is 4.79 Å². The van der Waals surface area contributed by atoms with E-state index in [1.165, 1.54) is 6.33 Å². The molecule has 6 heteroatoms. The van der Waals surface area contributed by atoms with Crippen molar-refractivity contribution in [3.8, 4) is 5.69 Å². The molecule has 0 radical (unpaired) electrons. The highest BCUT2D eigenvalue weighted by molar-refractivity contribution is 5.82. The molecule has 0 spiro atoms. The van der Waals surface area contributed by atoms with Gasteiger partial charge in [-0.05, 0) is 30.2 Å². The number of aromatic nitrogens is 3. The first kappa shape index (κ1) is 16.9. The fourth-order valence-corrected chi connectivity index (χ4v) is 2.63. The van der Waals surface area contributed by atoms with Crippen LogP contribution in [0.5, 0.6) is 0 Å². The minimum atomic E-state index is -1.16. The Balaban J connectivity index is 1.73. The lowest BCUT2D eigenvalue weighted by molar-refractivity contribution is -0.141. The number of carbonyl (C=O) groups is 1. The van der Waals surface area contributed by atoms with E-state index in [-0.39, 0.29) is 11.9 Å². The first-order chi connectivity index (χ1) is 12.1. The van der Waals surface area contributed by atoms with E-state index in [1.54, 1.807) is 47.2 Å². The minimum absolute atomic E-state index is 0.171. The monoisotopic (exact) mass is 336 g/mol. The van der Waals surface area contributed by atoms with Gasteiger partial charge >= 0.3 is 0 Å². The van der Waals surface area contributed by atoms with Gasteiger partial charge in [0.05, 0.1) is 11.7 Å². The third kappa shape index (κ3) is 3.59. The Kier molecular flexibility index (Phi) is 4.90. The summed E-state index contributed by atoms with van der Waals surface area (Å²) in [5.74, 6) is -0.334. The number of benzene rings is 2. The molecule has 1 aromatic heterocycles. The first-order valence-electron chi connectivity index (χ1n) is 8.02. The average molecular weight is 336 g/mol. The number of nitrogens with zero attached hydrogens (tertiary/aromatic N) is 4. The van der Waals surface area contributed by atoms with Crippen LogP contribution in [0.25, 0.3) is 5.69 Å². The second kappa shape index (κ2) is 7.27. The topological polar surface area (TPSA) is 71.2 Å². The molecule has 25 heavy (non-hydrogen) atoms. The van der Waals surface area contributed by atoms with Crippen LogP contribution in [-0.4, -0.2) is 37.7 Å². The van der Waals surface area contributed by atoms with E-state index in [9.17, 15) is 9.90 Å². The first-order valence-corrected chi connectivity index (χ1v) is 8.02. The molecular weight excluding hydrogens is 316 g/mol. The van der Waals surface area contributed by atoms with Crippen LogP contribution < -0.4 is 0 Å². The normalized spacial score (nSPS) is 13.2. The van der Waals surface area contributed by atoms with Crippen LogP contribution in [0.1, 0.15) is 30.2 Å². The van der Waals surface area contributed by atoms with E-state index in [0.29, 0.717) is 5.56 Å². The van der Waals surface area contributed by atoms with Gasteiger partial charge in [0.25, 0.3) is 5.91 Å². The Morgan fingerprint density at radius 3 is 2.36 bits per heavy atom. The predicted octanol–water partition coefficient (Wildman–Crippen LogP) is 2.52. The third-order valence-electron chi connectivity index (χ3n) is 4.34. The van der Waals surface area contributed by atoms with Crippen molar-refractivity contribution in [2.24, 2.45) is 0 Å². The van der Waals surface area contributed by atoms with Crippen LogP contribution in [0.15, 0.2) is 67.3 Å². The quantitative estimate of drug-likeness (QED) is 0.777. The van der Waals surface area contributed by atoms with Crippen molar-refractivity contribution in [1.82, 2.24) is 19.7 Å². The number of likely N-dealkylation sites (N-methyl/N-ethyl adjacent to an activating group) is 1. The molecule has 1 N–H and O–H groups in total. The maximum absolute atomic E-state index is 12.6. The second-order valence-corrected chi connectivity index (χ2v) is 5.87. The van der Waals surface area contributed by atoms with Crippen molar-refractivity contribution in [2.75, 3.05) is 7.05 Å². The standard InChI is InChI=1S/C19H20N4O2/c1-14(15-8-10-17(11-9-15)23-13-20-12-21-23)22(2)19(25)18(24)16-6-4-3-5-7-16/h3-14,18,24H,1-2H3. The van der Waals surface area contributed by atoms with Gasteiger partial charge in [0.15, 0.2) is 6.10 Å². The van der Waals surface area contributed by atoms with Crippen LogP contribution in [-0.2, 0) is 4.79 Å². The molecule has 1 heterocycles. The molecule has 2 atom stereocenters. The van der Waals surface area contributed by atoms with E-state index >= 15 is 0 Å². The van der Waals surface area contributed by atoms with E-state index in [2.05, 4.69) is 10.1 Å². The molecule has 0 fully saturated rings. The smallest absolute Gasteiger partial charge is 0.256 e. The number of hydrogen-bond donors (Lipinski definition) is 1. The lowest BCUT2D eigenvalue weighted by Crippen LogP contribution is -2.33. The molecule has 0 aliphatic rings. The van der Waals surface area contributed by atoms with Gasteiger partial charge in [-0.1, -0.05) is 42.5 Å². The van der Waals surface area contributed by atoms with Crippen molar-refractivity contribution < 1.29 is 9.90 Å². The molecule has 0 bridgehead atoms. The van der Waals surface area contributed by atoms with Crippen molar-refractivity contribution in [2.45, 2.75) is 19.1 Å². The maximum atomic E-state index is 12.6. The van der Waals surface area contributed by atoms with Gasteiger partial charge in [0.1, 0.15) is 12.7 Å². The van der Waals surface area contributed by atoms with Gasteiger partial charge in [0.2, 0.25) is 0 Å². The summed E-state index contributed by atoms with van der Waals surface area (Å²) in [5.41, 5.74) is 2.46. The molecule has 0 saturated carbocycles. The van der Waals surface area contributed by atoms with E-state index < -0.39 is 6.10 Å². The average Bonchev–Trinajstić information content (AvgIpc) is 3.21. The Hall–Kier alpha value is -2.99. The fourth-order valence-electron chi connectivity index (χ4n) is 2.63. The van der Waals surface area contributed by atoms with Gasteiger partial charge in [0, 0.05) is 7.05 Å². The van der Waals surface area contributed by atoms with Crippen molar-refractivity contribution >= 4 is 5.91 Å². The number of carbonyl (C=O) groups excluding carboxylic acids is 1.